The molecule has 0 aromatic carbocycles. The van der Waals surface area contributed by atoms with Gasteiger partial charge in [0.25, 0.3) is 0 Å². The topological polar surface area (TPSA) is 26.0 Å². The van der Waals surface area contributed by atoms with E-state index in [1.54, 1.807) is 0 Å². The standard InChI is InChI=1S/C25H48BN/c1-9-20(14-19(2)15-23(3,4)5)10-11-22(27)26-16-21-12-13-24(6,7)17-25(21,8)18-26/h20-22H,2,9-18,27H2,1,3-8H3. The molecule has 2 aliphatic rings. The maximum atomic E-state index is 6.77. The molecule has 2 fully saturated rings. The largest absolute Gasteiger partial charge is 0.335 e. The molecular weight excluding hydrogens is 325 g/mol. The fourth-order valence-electron chi connectivity index (χ4n) is 6.60. The second-order valence-corrected chi connectivity index (χ2v) is 12.6. The van der Waals surface area contributed by atoms with Gasteiger partial charge >= 0.3 is 0 Å². The van der Waals surface area contributed by atoms with Gasteiger partial charge in [-0.25, -0.2) is 0 Å². The van der Waals surface area contributed by atoms with Gasteiger partial charge in [0.1, 0.15) is 0 Å². The number of nitrogens with two attached hydrogens (primary N) is 1. The third kappa shape index (κ3) is 6.65. The Balaban J connectivity index is 1.83. The Hall–Kier alpha value is -0.235. The van der Waals surface area contributed by atoms with Gasteiger partial charge in [0, 0.05) is 0 Å². The van der Waals surface area contributed by atoms with Crippen molar-refractivity contribution in [3.63, 3.8) is 0 Å². The molecule has 0 aromatic rings. The first-order valence-corrected chi connectivity index (χ1v) is 11.8. The number of rotatable bonds is 8. The molecule has 0 spiro atoms. The van der Waals surface area contributed by atoms with Gasteiger partial charge in [-0.1, -0.05) is 86.1 Å². The van der Waals surface area contributed by atoms with Gasteiger partial charge in [-0.15, -0.1) is 0 Å². The predicted molar refractivity (Wildman–Crippen MR) is 123 cm³/mol. The first kappa shape index (κ1) is 23.0. The highest BCUT2D eigenvalue weighted by Crippen LogP contribution is 2.58. The average molecular weight is 373 g/mol. The van der Waals surface area contributed by atoms with E-state index < -0.39 is 0 Å². The molecule has 2 heteroatoms. The van der Waals surface area contributed by atoms with Crippen LogP contribution in [0.3, 0.4) is 0 Å². The van der Waals surface area contributed by atoms with E-state index in [9.17, 15) is 0 Å². The maximum Gasteiger partial charge on any atom is 0.160 e. The molecule has 1 saturated carbocycles. The third-order valence-corrected chi connectivity index (χ3v) is 7.80. The van der Waals surface area contributed by atoms with E-state index in [4.69, 9.17) is 5.73 Å². The Labute approximate surface area is 171 Å². The van der Waals surface area contributed by atoms with E-state index in [2.05, 4.69) is 55.0 Å². The minimum absolute atomic E-state index is 0.356. The molecular formula is C25H48BN. The Bertz CT molecular complexity index is 503. The van der Waals surface area contributed by atoms with Crippen LogP contribution in [0.4, 0.5) is 0 Å². The summed E-state index contributed by atoms with van der Waals surface area (Å²) in [5.74, 6) is 2.10. The lowest BCUT2D eigenvalue weighted by molar-refractivity contribution is 0.0698. The highest BCUT2D eigenvalue weighted by molar-refractivity contribution is 6.61. The number of hydrogen-bond acceptors (Lipinski definition) is 1. The number of fused-ring (bicyclic) bond motifs is 1. The van der Waals surface area contributed by atoms with Gasteiger partial charge in [-0.2, -0.15) is 0 Å². The van der Waals surface area contributed by atoms with Crippen molar-refractivity contribution < 1.29 is 0 Å². The van der Waals surface area contributed by atoms with Crippen LogP contribution in [-0.4, -0.2) is 12.7 Å². The number of allylic oxidation sites excluding steroid dienone is 1. The van der Waals surface area contributed by atoms with E-state index >= 15 is 0 Å². The van der Waals surface area contributed by atoms with Crippen molar-refractivity contribution in [3.8, 4) is 0 Å². The summed E-state index contributed by atoms with van der Waals surface area (Å²) in [4.78, 5) is 0. The molecule has 27 heavy (non-hydrogen) atoms. The van der Waals surface area contributed by atoms with Crippen LogP contribution in [0.25, 0.3) is 0 Å². The van der Waals surface area contributed by atoms with Crippen LogP contribution in [0.5, 0.6) is 0 Å². The van der Waals surface area contributed by atoms with Crippen LogP contribution in [0.2, 0.25) is 12.6 Å². The number of hydrogen-bond donors (Lipinski definition) is 1. The Morgan fingerprint density at radius 1 is 1.22 bits per heavy atom. The van der Waals surface area contributed by atoms with Crippen molar-refractivity contribution in [1.82, 2.24) is 0 Å². The van der Waals surface area contributed by atoms with Crippen molar-refractivity contribution in [2.24, 2.45) is 33.8 Å². The first-order valence-electron chi connectivity index (χ1n) is 11.8. The minimum Gasteiger partial charge on any atom is -0.335 e. The Morgan fingerprint density at radius 3 is 2.48 bits per heavy atom. The Kier molecular flexibility index (Phi) is 7.38. The van der Waals surface area contributed by atoms with Gasteiger partial charge < -0.3 is 5.73 Å². The Morgan fingerprint density at radius 2 is 1.89 bits per heavy atom. The van der Waals surface area contributed by atoms with Gasteiger partial charge in [0.2, 0.25) is 0 Å². The maximum absolute atomic E-state index is 6.77. The molecule has 1 heterocycles. The van der Waals surface area contributed by atoms with Crippen molar-refractivity contribution in [2.45, 2.75) is 118 Å². The molecule has 2 rings (SSSR count). The van der Waals surface area contributed by atoms with Crippen LogP contribution >= 0.6 is 0 Å². The zero-order chi connectivity index (χ0) is 20.5. The zero-order valence-corrected chi connectivity index (χ0v) is 19.7. The van der Waals surface area contributed by atoms with Crippen LogP contribution in [0.1, 0.15) is 99.8 Å². The molecule has 1 saturated heterocycles. The van der Waals surface area contributed by atoms with E-state index in [0.717, 1.165) is 25.0 Å². The molecule has 0 amide bonds. The molecule has 0 radical (unpaired) electrons. The normalized spacial score (nSPS) is 30.1. The highest BCUT2D eigenvalue weighted by atomic mass is 14.6. The van der Waals surface area contributed by atoms with Crippen LogP contribution < -0.4 is 5.73 Å². The summed E-state index contributed by atoms with van der Waals surface area (Å²) in [7, 11) is 0. The lowest BCUT2D eigenvalue weighted by Crippen LogP contribution is -2.38. The summed E-state index contributed by atoms with van der Waals surface area (Å²) in [6, 6.07) is 0. The van der Waals surface area contributed by atoms with Crippen LogP contribution in [-0.2, 0) is 0 Å². The van der Waals surface area contributed by atoms with Gasteiger partial charge in [-0.3, -0.25) is 0 Å². The second-order valence-electron chi connectivity index (χ2n) is 12.6. The fraction of sp³-hybridized carbons (Fsp3) is 0.920. The van der Waals surface area contributed by atoms with Gasteiger partial charge in [-0.05, 0) is 72.5 Å². The summed E-state index contributed by atoms with van der Waals surface area (Å²) >= 11 is 0. The summed E-state index contributed by atoms with van der Waals surface area (Å²) in [6.07, 6.45) is 13.1. The van der Waals surface area contributed by atoms with Gasteiger partial charge in [0.15, 0.2) is 6.71 Å². The van der Waals surface area contributed by atoms with E-state index in [-0.39, 0.29) is 0 Å². The lowest BCUT2D eigenvalue weighted by atomic mass is 9.41. The molecule has 1 aliphatic heterocycles. The van der Waals surface area contributed by atoms with Gasteiger partial charge in [0.05, 0.1) is 0 Å². The smallest absolute Gasteiger partial charge is 0.160 e. The van der Waals surface area contributed by atoms with Crippen molar-refractivity contribution in [3.05, 3.63) is 12.2 Å². The van der Waals surface area contributed by atoms with E-state index in [0.29, 0.717) is 22.2 Å². The molecule has 1 nitrogen and oxygen atoms in total. The average Bonchev–Trinajstić information content (AvgIpc) is 2.84. The summed E-state index contributed by atoms with van der Waals surface area (Å²) in [6.45, 7) is 21.9. The zero-order valence-electron chi connectivity index (χ0n) is 19.7. The van der Waals surface area contributed by atoms with Crippen molar-refractivity contribution in [2.75, 3.05) is 0 Å². The van der Waals surface area contributed by atoms with Crippen molar-refractivity contribution in [1.29, 1.82) is 0 Å². The van der Waals surface area contributed by atoms with Crippen LogP contribution in [0.15, 0.2) is 12.2 Å². The minimum atomic E-state index is 0.356. The van der Waals surface area contributed by atoms with E-state index in [1.165, 1.54) is 63.2 Å². The van der Waals surface area contributed by atoms with Crippen LogP contribution in [0, 0.1) is 28.1 Å². The predicted octanol–water partition coefficient (Wildman–Crippen LogP) is 7.38. The molecule has 4 atom stereocenters. The first-order chi connectivity index (χ1) is 12.3. The highest BCUT2D eigenvalue weighted by Gasteiger charge is 2.51. The molecule has 0 aromatic heterocycles. The molecule has 4 unspecified atom stereocenters. The fourth-order valence-corrected chi connectivity index (χ4v) is 6.60. The quantitative estimate of drug-likeness (QED) is 0.348. The molecule has 156 valence electrons. The lowest BCUT2D eigenvalue weighted by Gasteiger charge is -2.45. The molecule has 1 aliphatic carbocycles. The molecule has 2 N–H and O–H groups in total. The van der Waals surface area contributed by atoms with Crippen molar-refractivity contribution >= 4 is 6.71 Å². The molecule has 0 bridgehead atoms. The summed E-state index contributed by atoms with van der Waals surface area (Å²) in [5, 5.41) is 0. The summed E-state index contributed by atoms with van der Waals surface area (Å²) in [5.41, 5.74) is 9.65. The SMILES string of the molecule is C=C(CC(CC)CCC(N)B1CC2CCC(C)(C)CC2(C)C1)CC(C)(C)C. The summed E-state index contributed by atoms with van der Waals surface area (Å²) < 4.78 is 0. The third-order valence-electron chi connectivity index (χ3n) is 7.80. The van der Waals surface area contributed by atoms with E-state index in [1.807, 2.05) is 0 Å². The monoisotopic (exact) mass is 373 g/mol. The second kappa shape index (κ2) is 8.64.